The van der Waals surface area contributed by atoms with Crippen LogP contribution in [-0.4, -0.2) is 15.5 Å². The van der Waals surface area contributed by atoms with Crippen LogP contribution in [0.4, 0.5) is 0 Å². The molecule has 0 bridgehead atoms. The van der Waals surface area contributed by atoms with E-state index >= 15 is 0 Å². The first-order valence-corrected chi connectivity index (χ1v) is 5.95. The molecule has 0 atom stereocenters. The first kappa shape index (κ1) is 12.9. The van der Waals surface area contributed by atoms with Crippen LogP contribution in [0.2, 0.25) is 0 Å². The van der Waals surface area contributed by atoms with E-state index in [2.05, 4.69) is 22.8 Å². The van der Waals surface area contributed by atoms with E-state index < -0.39 is 0 Å². The minimum atomic E-state index is -0.181. The van der Waals surface area contributed by atoms with Crippen molar-refractivity contribution in [1.82, 2.24) is 14.9 Å². The molecule has 0 unspecified atom stereocenters. The number of benzene rings is 1. The molecule has 0 radical (unpaired) electrons. The van der Waals surface area contributed by atoms with Gasteiger partial charge in [-0.1, -0.05) is 24.6 Å². The second-order valence-corrected chi connectivity index (χ2v) is 4.27. The Kier molecular flexibility index (Phi) is 3.67. The van der Waals surface area contributed by atoms with Gasteiger partial charge >= 0.3 is 0 Å². The van der Waals surface area contributed by atoms with Gasteiger partial charge in [-0.15, -0.1) is 6.42 Å². The normalized spacial score (nSPS) is 10.1. The predicted molar refractivity (Wildman–Crippen MR) is 75.2 cm³/mol. The molecule has 0 aliphatic carbocycles. The molecule has 96 valence electrons. The highest BCUT2D eigenvalue weighted by atomic mass is 16.1. The molecule has 1 amide bonds. The molecular formula is C15H15N3O. The van der Waals surface area contributed by atoms with Crippen molar-refractivity contribution < 1.29 is 4.79 Å². The van der Waals surface area contributed by atoms with Gasteiger partial charge in [0.2, 0.25) is 5.91 Å². The number of rotatable bonds is 4. The predicted octanol–water partition coefficient (Wildman–Crippen LogP) is 1.86. The molecule has 4 nitrogen and oxygen atoms in total. The highest BCUT2D eigenvalue weighted by molar-refractivity contribution is 5.92. The summed E-state index contributed by atoms with van der Waals surface area (Å²) < 4.78 is 1.92. The molecule has 0 aliphatic heterocycles. The van der Waals surface area contributed by atoms with Crippen molar-refractivity contribution in [3.8, 4) is 12.3 Å². The van der Waals surface area contributed by atoms with Crippen LogP contribution in [0.1, 0.15) is 12.7 Å². The van der Waals surface area contributed by atoms with Gasteiger partial charge in [0.05, 0.1) is 24.1 Å². The van der Waals surface area contributed by atoms with Crippen LogP contribution in [0.25, 0.3) is 11.0 Å². The largest absolute Gasteiger partial charge is 0.345 e. The molecule has 0 saturated heterocycles. The van der Waals surface area contributed by atoms with Gasteiger partial charge in [0.25, 0.3) is 0 Å². The molecule has 1 aromatic heterocycles. The number of imidazole rings is 1. The number of carbonyl (C=O) groups excluding carboxylic acids is 1. The van der Waals surface area contributed by atoms with Crippen molar-refractivity contribution in [2.45, 2.75) is 20.0 Å². The summed E-state index contributed by atoms with van der Waals surface area (Å²) in [6.45, 7) is 6.03. The summed E-state index contributed by atoms with van der Waals surface area (Å²) in [7, 11) is 0. The summed E-state index contributed by atoms with van der Waals surface area (Å²) in [5.41, 5.74) is 2.32. The molecule has 2 rings (SSSR count). The molecule has 2 aromatic rings. The third kappa shape index (κ3) is 2.66. The fourth-order valence-corrected chi connectivity index (χ4v) is 1.84. The number of terminal acetylenes is 1. The number of aromatic nitrogens is 2. The second kappa shape index (κ2) is 5.40. The van der Waals surface area contributed by atoms with E-state index in [1.165, 1.54) is 0 Å². The summed E-state index contributed by atoms with van der Waals surface area (Å²) in [4.78, 5) is 16.0. The van der Waals surface area contributed by atoms with Gasteiger partial charge in [-0.25, -0.2) is 4.98 Å². The number of fused-ring (bicyclic) bond motifs is 1. The first-order valence-electron chi connectivity index (χ1n) is 5.95. The molecule has 4 heteroatoms. The lowest BCUT2D eigenvalue weighted by Crippen LogP contribution is -2.25. The van der Waals surface area contributed by atoms with Crippen LogP contribution in [0.3, 0.4) is 0 Å². The number of hydrogen-bond acceptors (Lipinski definition) is 2. The SMILES string of the molecule is C#CCn1c(CNC(=O)C(=C)C)nc2ccccc21. The monoisotopic (exact) mass is 253 g/mol. The summed E-state index contributed by atoms with van der Waals surface area (Å²) in [6.07, 6.45) is 5.38. The van der Waals surface area contributed by atoms with E-state index in [0.717, 1.165) is 16.9 Å². The highest BCUT2D eigenvalue weighted by Gasteiger charge is 2.10. The zero-order valence-electron chi connectivity index (χ0n) is 10.8. The summed E-state index contributed by atoms with van der Waals surface area (Å²) in [5, 5.41) is 2.77. The number of nitrogens with zero attached hydrogens (tertiary/aromatic N) is 2. The van der Waals surface area contributed by atoms with Crippen LogP contribution in [0.15, 0.2) is 36.4 Å². The standard InChI is InChI=1S/C15H15N3O/c1-4-9-18-13-8-6-5-7-12(13)17-14(18)10-16-15(19)11(2)3/h1,5-8H,2,9-10H2,3H3,(H,16,19). The van der Waals surface area contributed by atoms with Gasteiger partial charge < -0.3 is 9.88 Å². The van der Waals surface area contributed by atoms with Crippen LogP contribution >= 0.6 is 0 Å². The number of carbonyl (C=O) groups is 1. The van der Waals surface area contributed by atoms with Crippen molar-refractivity contribution in [3.63, 3.8) is 0 Å². The maximum atomic E-state index is 11.5. The Labute approximate surface area is 112 Å². The number of para-hydroxylation sites is 2. The summed E-state index contributed by atoms with van der Waals surface area (Å²) in [5.74, 6) is 3.17. The van der Waals surface area contributed by atoms with Crippen LogP contribution < -0.4 is 5.32 Å². The summed E-state index contributed by atoms with van der Waals surface area (Å²) in [6, 6.07) is 7.75. The first-order chi connectivity index (χ1) is 9.13. The fourth-order valence-electron chi connectivity index (χ4n) is 1.84. The maximum absolute atomic E-state index is 11.5. The fraction of sp³-hybridized carbons (Fsp3) is 0.200. The zero-order chi connectivity index (χ0) is 13.8. The van der Waals surface area contributed by atoms with Crippen molar-refractivity contribution >= 4 is 16.9 Å². The van der Waals surface area contributed by atoms with Gasteiger partial charge in [0, 0.05) is 5.57 Å². The van der Waals surface area contributed by atoms with Gasteiger partial charge in [0.15, 0.2) is 0 Å². The molecule has 0 saturated carbocycles. The Balaban J connectivity index is 2.32. The van der Waals surface area contributed by atoms with Crippen LogP contribution in [-0.2, 0) is 17.9 Å². The van der Waals surface area contributed by atoms with E-state index in [-0.39, 0.29) is 5.91 Å². The molecular weight excluding hydrogens is 238 g/mol. The van der Waals surface area contributed by atoms with Crippen molar-refractivity contribution in [3.05, 3.63) is 42.2 Å². The molecule has 1 aromatic carbocycles. The Morgan fingerprint density at radius 1 is 1.53 bits per heavy atom. The topological polar surface area (TPSA) is 46.9 Å². The van der Waals surface area contributed by atoms with Gasteiger partial charge in [0.1, 0.15) is 5.82 Å². The molecule has 0 fully saturated rings. The summed E-state index contributed by atoms with van der Waals surface area (Å²) >= 11 is 0. The average molecular weight is 253 g/mol. The minimum Gasteiger partial charge on any atom is -0.345 e. The second-order valence-electron chi connectivity index (χ2n) is 4.27. The smallest absolute Gasteiger partial charge is 0.246 e. The minimum absolute atomic E-state index is 0.181. The maximum Gasteiger partial charge on any atom is 0.246 e. The van der Waals surface area contributed by atoms with E-state index in [1.807, 2.05) is 28.8 Å². The zero-order valence-corrected chi connectivity index (χ0v) is 10.8. The lowest BCUT2D eigenvalue weighted by Gasteiger charge is -2.07. The van der Waals surface area contributed by atoms with Crippen LogP contribution in [0.5, 0.6) is 0 Å². The molecule has 1 N–H and O–H groups in total. The van der Waals surface area contributed by atoms with E-state index in [4.69, 9.17) is 6.42 Å². The lowest BCUT2D eigenvalue weighted by molar-refractivity contribution is -0.117. The van der Waals surface area contributed by atoms with Crippen molar-refractivity contribution in [1.29, 1.82) is 0 Å². The quantitative estimate of drug-likeness (QED) is 0.668. The Bertz CT molecular complexity index is 676. The average Bonchev–Trinajstić information content (AvgIpc) is 2.75. The van der Waals surface area contributed by atoms with Crippen molar-refractivity contribution in [2.75, 3.05) is 0 Å². The molecule has 1 heterocycles. The molecule has 0 spiro atoms. The van der Waals surface area contributed by atoms with Crippen molar-refractivity contribution in [2.24, 2.45) is 0 Å². The molecule has 19 heavy (non-hydrogen) atoms. The van der Waals surface area contributed by atoms with E-state index in [0.29, 0.717) is 18.7 Å². The highest BCUT2D eigenvalue weighted by Crippen LogP contribution is 2.15. The van der Waals surface area contributed by atoms with E-state index in [9.17, 15) is 4.79 Å². The number of hydrogen-bond donors (Lipinski definition) is 1. The van der Waals surface area contributed by atoms with Gasteiger partial charge in [-0.05, 0) is 19.1 Å². The lowest BCUT2D eigenvalue weighted by atomic mass is 10.3. The Morgan fingerprint density at radius 3 is 2.95 bits per heavy atom. The third-order valence-electron chi connectivity index (χ3n) is 2.78. The number of nitrogens with one attached hydrogen (secondary N) is 1. The van der Waals surface area contributed by atoms with E-state index in [1.54, 1.807) is 6.92 Å². The van der Waals surface area contributed by atoms with Crippen LogP contribution in [0, 0.1) is 12.3 Å². The van der Waals surface area contributed by atoms with Gasteiger partial charge in [-0.2, -0.15) is 0 Å². The third-order valence-corrected chi connectivity index (χ3v) is 2.78. The Morgan fingerprint density at radius 2 is 2.26 bits per heavy atom. The molecule has 0 aliphatic rings. The van der Waals surface area contributed by atoms with Gasteiger partial charge in [-0.3, -0.25) is 4.79 Å². The number of amides is 1. The Hall–Kier alpha value is -2.54.